The molecular weight excluding hydrogens is 340 g/mol. The van der Waals surface area contributed by atoms with Crippen LogP contribution in [0.25, 0.3) is 10.9 Å². The zero-order valence-corrected chi connectivity index (χ0v) is 12.6. The molecule has 0 fully saturated rings. The average Bonchev–Trinajstić information content (AvgIpc) is 2.45. The van der Waals surface area contributed by atoms with E-state index in [1.807, 2.05) is 24.3 Å². The van der Waals surface area contributed by atoms with Gasteiger partial charge in [-0.3, -0.25) is 4.98 Å². The minimum absolute atomic E-state index is 0.554. The summed E-state index contributed by atoms with van der Waals surface area (Å²) < 4.78 is 0.833. The van der Waals surface area contributed by atoms with E-state index in [4.69, 9.17) is 17.3 Å². The van der Waals surface area contributed by atoms with Crippen LogP contribution in [0.5, 0.6) is 0 Å². The van der Waals surface area contributed by atoms with Gasteiger partial charge in [0.15, 0.2) is 5.82 Å². The lowest BCUT2D eigenvalue weighted by molar-refractivity contribution is 1.29. The van der Waals surface area contributed by atoms with Gasteiger partial charge in [0.2, 0.25) is 0 Å². The number of halogens is 2. The van der Waals surface area contributed by atoms with Crippen molar-refractivity contribution in [3.05, 3.63) is 52.2 Å². The van der Waals surface area contributed by atoms with Crippen LogP contribution in [-0.2, 0) is 0 Å². The summed E-state index contributed by atoms with van der Waals surface area (Å²) >= 11 is 9.50. The number of pyridine rings is 2. The van der Waals surface area contributed by atoms with Crippen molar-refractivity contribution in [3.8, 4) is 0 Å². The summed E-state index contributed by atoms with van der Waals surface area (Å²) in [5, 5.41) is 4.74. The van der Waals surface area contributed by atoms with Gasteiger partial charge < -0.3 is 11.1 Å². The van der Waals surface area contributed by atoms with Gasteiger partial charge in [-0.1, -0.05) is 11.6 Å². The van der Waals surface area contributed by atoms with Gasteiger partial charge in [-0.15, -0.1) is 0 Å². The first-order valence-electron chi connectivity index (χ1n) is 5.86. The second-order valence-electron chi connectivity index (χ2n) is 4.21. The topological polar surface area (TPSA) is 63.8 Å². The molecule has 0 atom stereocenters. The number of rotatable bonds is 2. The van der Waals surface area contributed by atoms with Crippen molar-refractivity contribution < 1.29 is 0 Å². The fraction of sp³-hybridized carbons (Fsp3) is 0. The van der Waals surface area contributed by atoms with Crippen LogP contribution in [0.1, 0.15) is 0 Å². The Balaban J connectivity index is 2.09. The molecule has 4 nitrogen and oxygen atoms in total. The summed E-state index contributed by atoms with van der Waals surface area (Å²) in [5.74, 6) is 0.586. The molecule has 0 saturated heterocycles. The van der Waals surface area contributed by atoms with Crippen molar-refractivity contribution in [2.24, 2.45) is 0 Å². The van der Waals surface area contributed by atoms with E-state index in [0.29, 0.717) is 16.5 Å². The van der Waals surface area contributed by atoms with Gasteiger partial charge >= 0.3 is 0 Å². The molecule has 0 saturated carbocycles. The molecule has 6 heteroatoms. The Morgan fingerprint density at radius 1 is 1.20 bits per heavy atom. The fourth-order valence-corrected chi connectivity index (χ4v) is 2.49. The summed E-state index contributed by atoms with van der Waals surface area (Å²) in [6.45, 7) is 0. The summed E-state index contributed by atoms with van der Waals surface area (Å²) in [5.41, 5.74) is 8.09. The number of anilines is 3. The molecule has 0 aliphatic rings. The largest absolute Gasteiger partial charge is 0.396 e. The molecule has 2 aromatic heterocycles. The number of hydrogen-bond acceptors (Lipinski definition) is 4. The van der Waals surface area contributed by atoms with E-state index in [0.717, 1.165) is 21.1 Å². The van der Waals surface area contributed by atoms with Crippen molar-refractivity contribution in [1.82, 2.24) is 9.97 Å². The van der Waals surface area contributed by atoms with Crippen LogP contribution >= 0.6 is 27.5 Å². The number of nitrogens with two attached hydrogens (primary N) is 1. The third-order valence-electron chi connectivity index (χ3n) is 2.85. The van der Waals surface area contributed by atoms with Crippen LogP contribution in [0.3, 0.4) is 0 Å². The van der Waals surface area contributed by atoms with Crippen molar-refractivity contribution in [2.75, 3.05) is 11.1 Å². The first kappa shape index (κ1) is 13.1. The van der Waals surface area contributed by atoms with Gasteiger partial charge in [0.1, 0.15) is 0 Å². The third kappa shape index (κ3) is 2.42. The molecular formula is C14H10BrClN4. The molecule has 3 aromatic rings. The van der Waals surface area contributed by atoms with Crippen LogP contribution in [0.15, 0.2) is 47.2 Å². The highest BCUT2D eigenvalue weighted by molar-refractivity contribution is 9.10. The zero-order chi connectivity index (χ0) is 14.1. The van der Waals surface area contributed by atoms with Crippen molar-refractivity contribution in [3.63, 3.8) is 0 Å². The maximum atomic E-state index is 6.17. The SMILES string of the molecule is Nc1cc(Br)cnc1Nc1ccc(Cl)c2cccnc12. The van der Waals surface area contributed by atoms with Crippen LogP contribution in [0.4, 0.5) is 17.2 Å². The molecule has 0 spiro atoms. The number of nitrogens with one attached hydrogen (secondary N) is 1. The smallest absolute Gasteiger partial charge is 0.153 e. The molecule has 3 rings (SSSR count). The van der Waals surface area contributed by atoms with E-state index in [9.17, 15) is 0 Å². The molecule has 0 amide bonds. The number of aromatic nitrogens is 2. The van der Waals surface area contributed by atoms with Crippen molar-refractivity contribution in [2.45, 2.75) is 0 Å². The quantitative estimate of drug-likeness (QED) is 0.721. The first-order valence-corrected chi connectivity index (χ1v) is 7.03. The van der Waals surface area contributed by atoms with E-state index in [2.05, 4.69) is 31.2 Å². The van der Waals surface area contributed by atoms with Crippen molar-refractivity contribution >= 4 is 55.6 Å². The molecule has 0 radical (unpaired) electrons. The molecule has 3 N–H and O–H groups in total. The minimum Gasteiger partial charge on any atom is -0.396 e. The van der Waals surface area contributed by atoms with Gasteiger partial charge in [-0.2, -0.15) is 0 Å². The van der Waals surface area contributed by atoms with E-state index in [-0.39, 0.29) is 0 Å². The number of nitrogen functional groups attached to an aromatic ring is 1. The Morgan fingerprint density at radius 3 is 2.85 bits per heavy atom. The Morgan fingerprint density at radius 2 is 2.05 bits per heavy atom. The summed E-state index contributed by atoms with van der Waals surface area (Å²) in [4.78, 5) is 8.62. The summed E-state index contributed by atoms with van der Waals surface area (Å²) in [6, 6.07) is 9.25. The second kappa shape index (κ2) is 5.26. The van der Waals surface area contributed by atoms with Crippen LogP contribution in [0, 0.1) is 0 Å². The predicted molar refractivity (Wildman–Crippen MR) is 86.4 cm³/mol. The maximum Gasteiger partial charge on any atom is 0.153 e. The van der Waals surface area contributed by atoms with E-state index >= 15 is 0 Å². The number of fused-ring (bicyclic) bond motifs is 1. The highest BCUT2D eigenvalue weighted by Gasteiger charge is 2.08. The lowest BCUT2D eigenvalue weighted by Gasteiger charge is -2.11. The molecule has 100 valence electrons. The highest BCUT2D eigenvalue weighted by Crippen LogP contribution is 2.31. The van der Waals surface area contributed by atoms with E-state index < -0.39 is 0 Å². The van der Waals surface area contributed by atoms with E-state index in [1.165, 1.54) is 0 Å². The second-order valence-corrected chi connectivity index (χ2v) is 5.53. The summed E-state index contributed by atoms with van der Waals surface area (Å²) in [6.07, 6.45) is 3.41. The Bertz CT molecular complexity index is 791. The monoisotopic (exact) mass is 348 g/mol. The Hall–Kier alpha value is -1.85. The molecule has 0 aliphatic heterocycles. The molecule has 2 heterocycles. The van der Waals surface area contributed by atoms with Crippen molar-refractivity contribution in [1.29, 1.82) is 0 Å². The van der Waals surface area contributed by atoms with Gasteiger partial charge in [-0.05, 0) is 46.3 Å². The van der Waals surface area contributed by atoms with E-state index in [1.54, 1.807) is 18.5 Å². The Kier molecular flexibility index (Phi) is 3.46. The minimum atomic E-state index is 0.554. The average molecular weight is 350 g/mol. The lowest BCUT2D eigenvalue weighted by atomic mass is 10.2. The van der Waals surface area contributed by atoms with Crippen LogP contribution < -0.4 is 11.1 Å². The van der Waals surface area contributed by atoms with Crippen LogP contribution in [0.2, 0.25) is 5.02 Å². The van der Waals surface area contributed by atoms with Gasteiger partial charge in [-0.25, -0.2) is 4.98 Å². The lowest BCUT2D eigenvalue weighted by Crippen LogP contribution is -2.00. The normalized spacial score (nSPS) is 10.7. The number of benzene rings is 1. The highest BCUT2D eigenvalue weighted by atomic mass is 79.9. The maximum absolute atomic E-state index is 6.17. The Labute approximate surface area is 129 Å². The fourth-order valence-electron chi connectivity index (χ4n) is 1.93. The van der Waals surface area contributed by atoms with Gasteiger partial charge in [0.05, 0.1) is 21.9 Å². The third-order valence-corrected chi connectivity index (χ3v) is 3.62. The van der Waals surface area contributed by atoms with Crippen LogP contribution in [-0.4, -0.2) is 9.97 Å². The van der Waals surface area contributed by atoms with Gasteiger partial charge in [0, 0.05) is 22.3 Å². The molecule has 0 unspecified atom stereocenters. The summed E-state index contributed by atoms with van der Waals surface area (Å²) in [7, 11) is 0. The molecule has 0 aliphatic carbocycles. The predicted octanol–water partition coefficient (Wildman–Crippen LogP) is 4.37. The molecule has 20 heavy (non-hydrogen) atoms. The zero-order valence-electron chi connectivity index (χ0n) is 10.3. The standard InChI is InChI=1S/C14H10BrClN4/c15-8-6-11(17)14(19-7-8)20-12-4-3-10(16)9-2-1-5-18-13(9)12/h1-7H,17H2,(H,19,20). The van der Waals surface area contributed by atoms with Gasteiger partial charge in [0.25, 0.3) is 0 Å². The molecule has 0 bridgehead atoms. The first-order chi connectivity index (χ1) is 9.65. The number of hydrogen-bond donors (Lipinski definition) is 2. The number of nitrogens with zero attached hydrogens (tertiary/aromatic N) is 2. The molecule has 1 aromatic carbocycles.